The molecule has 1 aromatic rings. The smallest absolute Gasteiger partial charge is 0.226 e. The number of para-hydroxylation sites is 1. The molecular weight excluding hydrogens is 262 g/mol. The van der Waals surface area contributed by atoms with Crippen LogP contribution in [0.5, 0.6) is 0 Å². The van der Waals surface area contributed by atoms with Crippen LogP contribution in [0.2, 0.25) is 0 Å². The van der Waals surface area contributed by atoms with E-state index >= 15 is 0 Å². The van der Waals surface area contributed by atoms with Crippen LogP contribution >= 0.6 is 0 Å². The van der Waals surface area contributed by atoms with Gasteiger partial charge in [-0.3, -0.25) is 4.79 Å². The van der Waals surface area contributed by atoms with Gasteiger partial charge in [0.1, 0.15) is 0 Å². The van der Waals surface area contributed by atoms with Gasteiger partial charge in [-0.05, 0) is 31.9 Å². The zero-order valence-electron chi connectivity index (χ0n) is 12.7. The summed E-state index contributed by atoms with van der Waals surface area (Å²) in [5.41, 5.74) is 7.00. The molecule has 3 N–H and O–H groups in total. The quantitative estimate of drug-likeness (QED) is 0.595. The lowest BCUT2D eigenvalue weighted by molar-refractivity contribution is -0.123. The third kappa shape index (κ3) is 4.60. The Bertz CT molecular complexity index is 472. The third-order valence-corrected chi connectivity index (χ3v) is 3.86. The fourth-order valence-electron chi connectivity index (χ4n) is 2.64. The Morgan fingerprint density at radius 3 is 2.71 bits per heavy atom. The van der Waals surface area contributed by atoms with E-state index in [1.54, 1.807) is 0 Å². The summed E-state index contributed by atoms with van der Waals surface area (Å²) < 4.78 is 0. The molecule has 4 nitrogen and oxygen atoms in total. The van der Waals surface area contributed by atoms with Crippen molar-refractivity contribution in [2.24, 2.45) is 11.7 Å². The molecule has 0 heterocycles. The van der Waals surface area contributed by atoms with E-state index in [1.165, 1.54) is 5.69 Å². The highest BCUT2D eigenvalue weighted by Gasteiger charge is 2.22. The van der Waals surface area contributed by atoms with E-state index in [0.717, 1.165) is 25.9 Å². The molecule has 1 aliphatic rings. The lowest BCUT2D eigenvalue weighted by atomic mass is 10.1. The second-order valence-corrected chi connectivity index (χ2v) is 5.45. The van der Waals surface area contributed by atoms with Crippen molar-refractivity contribution in [1.29, 1.82) is 0 Å². The average molecular weight is 287 g/mol. The van der Waals surface area contributed by atoms with Crippen molar-refractivity contribution in [1.82, 2.24) is 5.32 Å². The second kappa shape index (κ2) is 7.84. The van der Waals surface area contributed by atoms with E-state index < -0.39 is 0 Å². The number of benzene rings is 1. The standard InChI is InChI=1S/C17H25N3O/c1-2-20(16-7-4-3-5-8-16)12-6-11-19-17(21)14-9-10-15(18)13-14/h3-5,7-10,14-15H,2,6,11-13,18H2,1H3,(H,19,21). The predicted octanol–water partition coefficient (Wildman–Crippen LogP) is 1.92. The van der Waals surface area contributed by atoms with Crippen LogP contribution in [0.25, 0.3) is 0 Å². The van der Waals surface area contributed by atoms with E-state index in [-0.39, 0.29) is 17.9 Å². The Kier molecular flexibility index (Phi) is 5.81. The number of rotatable bonds is 7. The van der Waals surface area contributed by atoms with Gasteiger partial charge in [-0.1, -0.05) is 30.4 Å². The number of carbonyl (C=O) groups is 1. The summed E-state index contributed by atoms with van der Waals surface area (Å²) >= 11 is 0. The summed E-state index contributed by atoms with van der Waals surface area (Å²) in [4.78, 5) is 14.3. The number of nitrogens with one attached hydrogen (secondary N) is 1. The van der Waals surface area contributed by atoms with Gasteiger partial charge >= 0.3 is 0 Å². The van der Waals surface area contributed by atoms with Crippen LogP contribution in [0.15, 0.2) is 42.5 Å². The van der Waals surface area contributed by atoms with Gasteiger partial charge < -0.3 is 16.0 Å². The molecule has 1 aliphatic carbocycles. The molecule has 0 aliphatic heterocycles. The van der Waals surface area contributed by atoms with Crippen LogP contribution in [0.3, 0.4) is 0 Å². The highest BCUT2D eigenvalue weighted by molar-refractivity contribution is 5.81. The molecule has 0 spiro atoms. The first kappa shape index (κ1) is 15.6. The first-order valence-electron chi connectivity index (χ1n) is 7.72. The van der Waals surface area contributed by atoms with Crippen LogP contribution in [0, 0.1) is 5.92 Å². The number of hydrogen-bond donors (Lipinski definition) is 2. The van der Waals surface area contributed by atoms with Crippen LogP contribution < -0.4 is 16.0 Å². The van der Waals surface area contributed by atoms with Gasteiger partial charge in [0.2, 0.25) is 5.91 Å². The molecule has 2 rings (SSSR count). The summed E-state index contributed by atoms with van der Waals surface area (Å²) in [5, 5.41) is 3.00. The Labute approximate surface area is 127 Å². The topological polar surface area (TPSA) is 58.4 Å². The second-order valence-electron chi connectivity index (χ2n) is 5.45. The molecule has 1 aromatic carbocycles. The molecule has 114 valence electrons. The zero-order chi connectivity index (χ0) is 15.1. The van der Waals surface area contributed by atoms with Gasteiger partial charge in [0.05, 0.1) is 5.92 Å². The van der Waals surface area contributed by atoms with Crippen molar-refractivity contribution >= 4 is 11.6 Å². The minimum Gasteiger partial charge on any atom is -0.372 e. The van der Waals surface area contributed by atoms with Gasteiger partial charge in [0.15, 0.2) is 0 Å². The number of anilines is 1. The maximum atomic E-state index is 11.9. The van der Waals surface area contributed by atoms with E-state index in [0.29, 0.717) is 6.54 Å². The normalized spacial score (nSPS) is 20.5. The summed E-state index contributed by atoms with van der Waals surface area (Å²) in [6, 6.07) is 10.4. The molecular formula is C17H25N3O. The van der Waals surface area contributed by atoms with Gasteiger partial charge in [-0.25, -0.2) is 0 Å². The summed E-state index contributed by atoms with van der Waals surface area (Å²) in [6.45, 7) is 4.77. The molecule has 0 saturated heterocycles. The monoisotopic (exact) mass is 287 g/mol. The molecule has 21 heavy (non-hydrogen) atoms. The third-order valence-electron chi connectivity index (χ3n) is 3.86. The molecule has 2 atom stereocenters. The summed E-state index contributed by atoms with van der Waals surface area (Å²) in [6.07, 6.45) is 5.51. The van der Waals surface area contributed by atoms with Gasteiger partial charge in [-0.2, -0.15) is 0 Å². The lowest BCUT2D eigenvalue weighted by Gasteiger charge is -2.23. The minimum atomic E-state index is -0.0450. The van der Waals surface area contributed by atoms with Crippen LogP contribution in [0.1, 0.15) is 19.8 Å². The summed E-state index contributed by atoms with van der Waals surface area (Å²) in [5.74, 6) is 0.0540. The van der Waals surface area contributed by atoms with E-state index in [1.807, 2.05) is 18.2 Å². The Balaban J connectivity index is 1.69. The van der Waals surface area contributed by atoms with Crippen molar-refractivity contribution in [2.45, 2.75) is 25.8 Å². The Morgan fingerprint density at radius 2 is 2.10 bits per heavy atom. The number of hydrogen-bond acceptors (Lipinski definition) is 3. The van der Waals surface area contributed by atoms with Crippen molar-refractivity contribution in [3.05, 3.63) is 42.5 Å². The van der Waals surface area contributed by atoms with Gasteiger partial charge in [-0.15, -0.1) is 0 Å². The first-order valence-corrected chi connectivity index (χ1v) is 7.72. The fraction of sp³-hybridized carbons (Fsp3) is 0.471. The highest BCUT2D eigenvalue weighted by atomic mass is 16.1. The summed E-state index contributed by atoms with van der Waals surface area (Å²) in [7, 11) is 0. The number of nitrogens with zero attached hydrogens (tertiary/aromatic N) is 1. The molecule has 0 aromatic heterocycles. The maximum Gasteiger partial charge on any atom is 0.226 e. The zero-order valence-corrected chi connectivity index (χ0v) is 12.7. The van der Waals surface area contributed by atoms with Crippen LogP contribution in [0.4, 0.5) is 5.69 Å². The molecule has 1 amide bonds. The lowest BCUT2D eigenvalue weighted by Crippen LogP contribution is -2.33. The van der Waals surface area contributed by atoms with Gasteiger partial charge in [0, 0.05) is 31.4 Å². The van der Waals surface area contributed by atoms with Crippen molar-refractivity contribution < 1.29 is 4.79 Å². The maximum absolute atomic E-state index is 11.9. The molecule has 2 unspecified atom stereocenters. The number of carbonyl (C=O) groups excluding carboxylic acids is 1. The van der Waals surface area contributed by atoms with E-state index in [4.69, 9.17) is 5.73 Å². The SMILES string of the molecule is CCN(CCCNC(=O)C1C=CC(N)C1)c1ccccc1. The van der Waals surface area contributed by atoms with E-state index in [2.05, 4.69) is 41.4 Å². The van der Waals surface area contributed by atoms with Crippen molar-refractivity contribution in [3.63, 3.8) is 0 Å². The largest absolute Gasteiger partial charge is 0.372 e. The molecule has 0 radical (unpaired) electrons. The predicted molar refractivity (Wildman–Crippen MR) is 87.2 cm³/mol. The molecule has 0 bridgehead atoms. The van der Waals surface area contributed by atoms with E-state index in [9.17, 15) is 4.79 Å². The molecule has 4 heteroatoms. The van der Waals surface area contributed by atoms with Crippen LogP contribution in [-0.4, -0.2) is 31.6 Å². The first-order chi connectivity index (χ1) is 10.2. The minimum absolute atomic E-state index is 0.0365. The average Bonchev–Trinajstić information content (AvgIpc) is 2.95. The fourth-order valence-corrected chi connectivity index (χ4v) is 2.64. The Morgan fingerprint density at radius 1 is 1.33 bits per heavy atom. The van der Waals surface area contributed by atoms with Gasteiger partial charge in [0.25, 0.3) is 0 Å². The number of amides is 1. The van der Waals surface area contributed by atoms with Crippen LogP contribution in [-0.2, 0) is 4.79 Å². The molecule has 0 saturated carbocycles. The number of nitrogens with two attached hydrogens (primary N) is 1. The molecule has 0 fully saturated rings. The Hall–Kier alpha value is -1.81. The highest BCUT2D eigenvalue weighted by Crippen LogP contribution is 2.16. The van der Waals surface area contributed by atoms with Crippen molar-refractivity contribution in [3.8, 4) is 0 Å². The van der Waals surface area contributed by atoms with Crippen molar-refractivity contribution in [2.75, 3.05) is 24.5 Å².